The molecule has 27 heavy (non-hydrogen) atoms. The van der Waals surface area contributed by atoms with Crippen molar-refractivity contribution in [3.8, 4) is 0 Å². The van der Waals surface area contributed by atoms with Crippen molar-refractivity contribution in [2.24, 2.45) is 17.8 Å². The molecule has 0 radical (unpaired) electrons. The van der Waals surface area contributed by atoms with E-state index in [0.717, 1.165) is 25.0 Å². The number of nitrogens with one attached hydrogen (secondary N) is 3. The fourth-order valence-electron chi connectivity index (χ4n) is 5.74. The van der Waals surface area contributed by atoms with Gasteiger partial charge in [-0.1, -0.05) is 11.6 Å². The van der Waals surface area contributed by atoms with E-state index in [2.05, 4.69) is 30.8 Å². The summed E-state index contributed by atoms with van der Waals surface area (Å²) in [6, 6.07) is 4.05. The lowest BCUT2D eigenvalue weighted by atomic mass is 9.52. The Morgan fingerprint density at radius 3 is 2.63 bits per heavy atom. The molecule has 6 rings (SSSR count). The number of anilines is 2. The van der Waals surface area contributed by atoms with Crippen molar-refractivity contribution in [2.45, 2.75) is 57.2 Å². The molecule has 2 heterocycles. The first-order valence-corrected chi connectivity index (χ1v) is 10.1. The summed E-state index contributed by atoms with van der Waals surface area (Å²) in [4.78, 5) is 8.95. The van der Waals surface area contributed by atoms with Crippen LogP contribution in [0.2, 0.25) is 5.15 Å². The molecule has 4 fully saturated rings. The molecule has 0 amide bonds. The summed E-state index contributed by atoms with van der Waals surface area (Å²) >= 11 is 6.20. The molecule has 0 spiro atoms. The molecule has 2 aromatic rings. The molecule has 4 saturated carbocycles. The Bertz CT molecular complexity index is 838. The van der Waals surface area contributed by atoms with E-state index >= 15 is 0 Å². The van der Waals surface area contributed by atoms with Gasteiger partial charge in [-0.25, -0.2) is 9.97 Å². The second-order valence-corrected chi connectivity index (χ2v) is 9.04. The van der Waals surface area contributed by atoms with Crippen molar-refractivity contribution < 1.29 is 5.11 Å². The molecule has 4 bridgehead atoms. The molecule has 144 valence electrons. The van der Waals surface area contributed by atoms with Crippen LogP contribution in [0.4, 0.5) is 11.6 Å². The predicted molar refractivity (Wildman–Crippen MR) is 103 cm³/mol. The van der Waals surface area contributed by atoms with E-state index < -0.39 is 5.60 Å². The minimum absolute atomic E-state index is 0.403. The van der Waals surface area contributed by atoms with E-state index in [4.69, 9.17) is 11.6 Å². The van der Waals surface area contributed by atoms with Gasteiger partial charge in [-0.3, -0.25) is 5.10 Å². The molecule has 0 aliphatic heterocycles. The van der Waals surface area contributed by atoms with Crippen LogP contribution in [0.15, 0.2) is 12.1 Å². The maximum absolute atomic E-state index is 10.7. The Balaban J connectivity index is 1.27. The molecule has 0 aromatic carbocycles. The van der Waals surface area contributed by atoms with Crippen molar-refractivity contribution in [2.75, 3.05) is 5.32 Å². The number of aliphatic hydroxyl groups is 1. The van der Waals surface area contributed by atoms with Crippen LogP contribution in [0.3, 0.4) is 0 Å². The number of aromatic nitrogens is 4. The number of rotatable bonds is 5. The van der Waals surface area contributed by atoms with E-state index in [0.29, 0.717) is 53.0 Å². The monoisotopic (exact) mass is 388 g/mol. The number of hydrogen-bond donors (Lipinski definition) is 4. The van der Waals surface area contributed by atoms with Gasteiger partial charge < -0.3 is 15.7 Å². The second kappa shape index (κ2) is 6.43. The van der Waals surface area contributed by atoms with Crippen LogP contribution in [-0.2, 0) is 6.54 Å². The first-order valence-electron chi connectivity index (χ1n) is 9.74. The third kappa shape index (κ3) is 3.44. The van der Waals surface area contributed by atoms with Crippen LogP contribution in [-0.4, -0.2) is 36.9 Å². The van der Waals surface area contributed by atoms with E-state index in [9.17, 15) is 5.11 Å². The van der Waals surface area contributed by atoms with Crippen molar-refractivity contribution in [3.63, 3.8) is 0 Å². The Morgan fingerprint density at radius 1 is 1.19 bits per heavy atom. The van der Waals surface area contributed by atoms with Crippen molar-refractivity contribution in [1.82, 2.24) is 25.5 Å². The van der Waals surface area contributed by atoms with Crippen LogP contribution in [0.5, 0.6) is 0 Å². The SMILES string of the molecule is Cc1cc(Nc2cc(Cl)nc(CNC3C4CC5CC3CC(O)(C5)C4)n2)n[nH]1. The lowest BCUT2D eigenvalue weighted by Crippen LogP contribution is -2.60. The summed E-state index contributed by atoms with van der Waals surface area (Å²) in [6.07, 6.45) is 5.33. The number of H-pyrrole nitrogens is 1. The van der Waals surface area contributed by atoms with Gasteiger partial charge in [0.05, 0.1) is 12.1 Å². The number of nitrogens with zero attached hydrogens (tertiary/aromatic N) is 3. The topological polar surface area (TPSA) is 98.8 Å². The fraction of sp³-hybridized carbons (Fsp3) is 0.632. The normalized spacial score (nSPS) is 34.2. The molecule has 8 heteroatoms. The van der Waals surface area contributed by atoms with Gasteiger partial charge in [0.1, 0.15) is 16.8 Å². The van der Waals surface area contributed by atoms with Crippen LogP contribution in [0, 0.1) is 24.7 Å². The second-order valence-electron chi connectivity index (χ2n) is 8.65. The lowest BCUT2D eigenvalue weighted by Gasteiger charge is -2.58. The van der Waals surface area contributed by atoms with Crippen LogP contribution in [0.1, 0.15) is 43.6 Å². The summed E-state index contributed by atoms with van der Waals surface area (Å²) in [5, 5.41) is 25.0. The molecule has 4 aliphatic carbocycles. The summed E-state index contributed by atoms with van der Waals surface area (Å²) in [6.45, 7) is 2.53. The first kappa shape index (κ1) is 17.4. The maximum atomic E-state index is 10.7. The van der Waals surface area contributed by atoms with Crippen molar-refractivity contribution in [1.29, 1.82) is 0 Å². The van der Waals surface area contributed by atoms with E-state index in [1.54, 1.807) is 6.07 Å². The molecule has 7 nitrogen and oxygen atoms in total. The maximum Gasteiger partial charge on any atom is 0.153 e. The molecular weight excluding hydrogens is 364 g/mol. The van der Waals surface area contributed by atoms with Crippen molar-refractivity contribution >= 4 is 23.2 Å². The number of aromatic amines is 1. The van der Waals surface area contributed by atoms with E-state index in [1.165, 1.54) is 12.8 Å². The van der Waals surface area contributed by atoms with E-state index in [1.807, 2.05) is 13.0 Å². The highest BCUT2D eigenvalue weighted by Gasteiger charge is 2.54. The molecule has 2 unspecified atom stereocenters. The van der Waals surface area contributed by atoms with Gasteiger partial charge >= 0.3 is 0 Å². The minimum atomic E-state index is -0.403. The summed E-state index contributed by atoms with van der Waals surface area (Å²) in [5.74, 6) is 3.84. The third-order valence-electron chi connectivity index (χ3n) is 6.44. The highest BCUT2D eigenvalue weighted by Crippen LogP contribution is 2.55. The average molecular weight is 389 g/mol. The lowest BCUT2D eigenvalue weighted by molar-refractivity contribution is -0.138. The van der Waals surface area contributed by atoms with Gasteiger partial charge in [0, 0.05) is 23.9 Å². The average Bonchev–Trinajstić information content (AvgIpc) is 2.97. The Hall–Kier alpha value is -1.70. The largest absolute Gasteiger partial charge is 0.390 e. The molecule has 0 saturated heterocycles. The number of hydrogen-bond acceptors (Lipinski definition) is 6. The summed E-state index contributed by atoms with van der Waals surface area (Å²) < 4.78 is 0. The summed E-state index contributed by atoms with van der Waals surface area (Å²) in [7, 11) is 0. The van der Waals surface area contributed by atoms with Crippen LogP contribution < -0.4 is 10.6 Å². The van der Waals surface area contributed by atoms with Gasteiger partial charge in [0.15, 0.2) is 5.82 Å². The van der Waals surface area contributed by atoms with Crippen LogP contribution >= 0.6 is 11.6 Å². The van der Waals surface area contributed by atoms with E-state index in [-0.39, 0.29) is 0 Å². The molecule has 4 N–H and O–H groups in total. The zero-order chi connectivity index (χ0) is 18.6. The highest BCUT2D eigenvalue weighted by molar-refractivity contribution is 6.29. The molecule has 4 aliphatic rings. The number of halogens is 1. The fourth-order valence-corrected chi connectivity index (χ4v) is 5.95. The van der Waals surface area contributed by atoms with Crippen LogP contribution in [0.25, 0.3) is 0 Å². The summed E-state index contributed by atoms with van der Waals surface area (Å²) in [5.41, 5.74) is 0.572. The quantitative estimate of drug-likeness (QED) is 0.588. The predicted octanol–water partition coefficient (Wildman–Crippen LogP) is 2.93. The minimum Gasteiger partial charge on any atom is -0.390 e. The Morgan fingerprint density at radius 2 is 1.96 bits per heavy atom. The number of aryl methyl sites for hydroxylation is 1. The molecule has 2 atom stereocenters. The standard InChI is InChI=1S/C19H25ClN6O/c1-10-2-16(26-25-10)23-15-5-14(20)22-17(24-15)9-21-18-12-3-11-4-13(18)8-19(27,6-11)7-12/h2,5,11-13,18,21,27H,3-4,6-9H2,1H3,(H2,22,23,24,25,26). The molecular formula is C19H25ClN6O. The van der Waals surface area contributed by atoms with Gasteiger partial charge in [-0.15, -0.1) is 0 Å². The Kier molecular flexibility index (Phi) is 4.14. The van der Waals surface area contributed by atoms with Crippen molar-refractivity contribution in [3.05, 3.63) is 28.8 Å². The zero-order valence-electron chi connectivity index (χ0n) is 15.4. The Labute approximate surface area is 163 Å². The third-order valence-corrected chi connectivity index (χ3v) is 6.63. The highest BCUT2D eigenvalue weighted by atomic mass is 35.5. The van der Waals surface area contributed by atoms with Gasteiger partial charge in [-0.2, -0.15) is 5.10 Å². The van der Waals surface area contributed by atoms with Gasteiger partial charge in [-0.05, 0) is 56.8 Å². The molecule has 2 aromatic heterocycles. The smallest absolute Gasteiger partial charge is 0.153 e. The zero-order valence-corrected chi connectivity index (χ0v) is 16.1. The first-order chi connectivity index (χ1) is 13.0. The van der Waals surface area contributed by atoms with Gasteiger partial charge in [0.2, 0.25) is 0 Å². The van der Waals surface area contributed by atoms with Gasteiger partial charge in [0.25, 0.3) is 0 Å².